The Morgan fingerprint density at radius 3 is 2.00 bits per heavy atom. The molecular weight excluding hydrogens is 414 g/mol. The minimum Gasteiger partial charge on any atom is -0.497 e. The number of thioether (sulfide) groups is 1. The Labute approximate surface area is 188 Å². The van der Waals surface area contributed by atoms with Crippen LogP contribution < -0.4 is 9.47 Å². The van der Waals surface area contributed by atoms with E-state index < -0.39 is 4.75 Å². The fourth-order valence-corrected chi connectivity index (χ4v) is 4.66. The van der Waals surface area contributed by atoms with Crippen LogP contribution in [0.2, 0.25) is 0 Å². The molecule has 0 aliphatic carbocycles. The number of carbonyl (C=O) groups is 2. The summed E-state index contributed by atoms with van der Waals surface area (Å²) < 4.78 is 14.7. The summed E-state index contributed by atoms with van der Waals surface area (Å²) in [6.45, 7) is 4.83. The molecule has 0 saturated carbocycles. The van der Waals surface area contributed by atoms with Crippen LogP contribution in [0.3, 0.4) is 0 Å². The second kappa shape index (κ2) is 11.6. The van der Waals surface area contributed by atoms with Crippen LogP contribution in [0.25, 0.3) is 0 Å². The smallest absolute Gasteiger partial charge is 0.323 e. The van der Waals surface area contributed by atoms with Crippen LogP contribution in [0, 0.1) is 0 Å². The van der Waals surface area contributed by atoms with Crippen molar-refractivity contribution < 1.29 is 23.8 Å². The average molecular weight is 446 g/mol. The van der Waals surface area contributed by atoms with Gasteiger partial charge in [0.15, 0.2) is 0 Å². The molecule has 0 N–H and O–H groups in total. The van der Waals surface area contributed by atoms with Gasteiger partial charge in [-0.25, -0.2) is 0 Å². The maximum absolute atomic E-state index is 12.9. The van der Waals surface area contributed by atoms with Crippen molar-refractivity contribution >= 4 is 23.6 Å². The van der Waals surface area contributed by atoms with Gasteiger partial charge in [0.25, 0.3) is 5.91 Å². The van der Waals surface area contributed by atoms with Gasteiger partial charge in [-0.3, -0.25) is 9.59 Å². The molecule has 0 bridgehead atoms. The number of nitrogens with zero attached hydrogens (tertiary/aromatic N) is 1. The number of likely N-dealkylation sites (tertiary alicyclic amines) is 1. The van der Waals surface area contributed by atoms with Crippen LogP contribution in [0.4, 0.5) is 0 Å². The summed E-state index contributed by atoms with van der Waals surface area (Å²) in [6, 6.07) is 14.8. The molecule has 0 spiro atoms. The molecule has 1 fully saturated rings. The predicted molar refractivity (Wildman–Crippen MR) is 124 cm³/mol. The van der Waals surface area contributed by atoms with E-state index in [0.29, 0.717) is 36.6 Å². The SMILES string of the molecule is CC.COC(=O)C1(SCc2ccc(OC)cc2)CCN(C(=O)c2ccc(OC)cc2)C1. The highest BCUT2D eigenvalue weighted by atomic mass is 32.2. The zero-order valence-electron chi connectivity index (χ0n) is 18.8. The largest absolute Gasteiger partial charge is 0.497 e. The molecule has 7 heteroatoms. The number of methoxy groups -OCH3 is 3. The number of ether oxygens (including phenoxy) is 3. The molecule has 0 radical (unpaired) electrons. The van der Waals surface area contributed by atoms with Crippen LogP contribution in [0.15, 0.2) is 48.5 Å². The van der Waals surface area contributed by atoms with Crippen LogP contribution in [0.5, 0.6) is 11.5 Å². The molecule has 1 heterocycles. The topological polar surface area (TPSA) is 65.1 Å². The molecule has 1 atom stereocenters. The van der Waals surface area contributed by atoms with Crippen molar-refractivity contribution in [1.29, 1.82) is 0 Å². The van der Waals surface area contributed by atoms with E-state index in [2.05, 4.69) is 0 Å². The second-order valence-corrected chi connectivity index (χ2v) is 8.19. The molecule has 1 aliphatic heterocycles. The first-order valence-electron chi connectivity index (χ1n) is 10.3. The van der Waals surface area contributed by atoms with Crippen molar-refractivity contribution in [3.8, 4) is 11.5 Å². The van der Waals surface area contributed by atoms with E-state index in [0.717, 1.165) is 11.3 Å². The summed E-state index contributed by atoms with van der Waals surface area (Å²) in [5, 5.41) is 0. The van der Waals surface area contributed by atoms with E-state index in [9.17, 15) is 9.59 Å². The Kier molecular flexibility index (Phi) is 9.24. The van der Waals surface area contributed by atoms with E-state index in [-0.39, 0.29) is 11.9 Å². The lowest BCUT2D eigenvalue weighted by atomic mass is 10.1. The van der Waals surface area contributed by atoms with Gasteiger partial charge in [-0.1, -0.05) is 26.0 Å². The standard InChI is InChI=1S/C22H25NO5S.C2H6/c1-26-18-8-4-16(5-9-18)14-29-22(21(25)28-3)12-13-23(15-22)20(24)17-6-10-19(27-2)11-7-17;1-2/h4-11H,12-15H2,1-3H3;1-2H3. The molecule has 0 aromatic heterocycles. The molecule has 168 valence electrons. The fourth-order valence-electron chi connectivity index (χ4n) is 3.34. The van der Waals surface area contributed by atoms with Gasteiger partial charge in [0, 0.05) is 24.4 Å². The van der Waals surface area contributed by atoms with Gasteiger partial charge in [-0.2, -0.15) is 0 Å². The number of amides is 1. The van der Waals surface area contributed by atoms with Gasteiger partial charge in [0.2, 0.25) is 0 Å². The third-order valence-electron chi connectivity index (χ3n) is 5.09. The minimum absolute atomic E-state index is 0.0940. The van der Waals surface area contributed by atoms with E-state index in [4.69, 9.17) is 14.2 Å². The monoisotopic (exact) mass is 445 g/mol. The van der Waals surface area contributed by atoms with Crippen LogP contribution >= 0.6 is 11.8 Å². The molecule has 31 heavy (non-hydrogen) atoms. The van der Waals surface area contributed by atoms with Crippen molar-refractivity contribution in [1.82, 2.24) is 4.90 Å². The van der Waals surface area contributed by atoms with Crippen molar-refractivity contribution in [2.24, 2.45) is 0 Å². The molecule has 1 amide bonds. The fraction of sp³-hybridized carbons (Fsp3) is 0.417. The van der Waals surface area contributed by atoms with Crippen molar-refractivity contribution in [2.45, 2.75) is 30.8 Å². The molecular formula is C24H31NO5S. The Hall–Kier alpha value is -2.67. The van der Waals surface area contributed by atoms with Crippen LogP contribution in [-0.4, -0.2) is 55.9 Å². The first kappa shape index (κ1) is 24.6. The molecule has 1 unspecified atom stereocenters. The molecule has 1 saturated heterocycles. The maximum atomic E-state index is 12.9. The summed E-state index contributed by atoms with van der Waals surface area (Å²) in [7, 11) is 4.61. The van der Waals surface area contributed by atoms with Gasteiger partial charge >= 0.3 is 5.97 Å². The molecule has 1 aliphatic rings. The minimum atomic E-state index is -0.767. The highest BCUT2D eigenvalue weighted by Crippen LogP contribution is 2.39. The van der Waals surface area contributed by atoms with Crippen molar-refractivity contribution in [2.75, 3.05) is 34.4 Å². The summed E-state index contributed by atoms with van der Waals surface area (Å²) in [5.74, 6) is 1.74. The van der Waals surface area contributed by atoms with Gasteiger partial charge in [-0.05, 0) is 48.4 Å². The number of benzene rings is 2. The van der Waals surface area contributed by atoms with Crippen molar-refractivity contribution in [3.63, 3.8) is 0 Å². The van der Waals surface area contributed by atoms with E-state index in [1.54, 1.807) is 43.4 Å². The first-order chi connectivity index (χ1) is 15.0. The maximum Gasteiger partial charge on any atom is 0.323 e. The van der Waals surface area contributed by atoms with Gasteiger partial charge in [-0.15, -0.1) is 11.8 Å². The number of hydrogen-bond acceptors (Lipinski definition) is 6. The molecule has 2 aromatic rings. The van der Waals surface area contributed by atoms with Gasteiger partial charge < -0.3 is 19.1 Å². The Bertz CT molecular complexity index is 853. The van der Waals surface area contributed by atoms with E-state index >= 15 is 0 Å². The number of esters is 1. The normalized spacial score (nSPS) is 17.4. The predicted octanol–water partition coefficient (Wildman–Crippen LogP) is 4.42. The second-order valence-electron chi connectivity index (χ2n) is 6.83. The molecule has 6 nitrogen and oxygen atoms in total. The molecule has 3 rings (SSSR count). The van der Waals surface area contributed by atoms with Crippen LogP contribution in [-0.2, 0) is 15.3 Å². The Morgan fingerprint density at radius 2 is 1.48 bits per heavy atom. The van der Waals surface area contributed by atoms with Gasteiger partial charge in [0.1, 0.15) is 16.2 Å². The number of rotatable bonds is 7. The van der Waals surface area contributed by atoms with E-state index in [1.807, 2.05) is 38.1 Å². The lowest BCUT2D eigenvalue weighted by Crippen LogP contribution is -2.41. The van der Waals surface area contributed by atoms with Crippen molar-refractivity contribution in [3.05, 3.63) is 59.7 Å². The highest BCUT2D eigenvalue weighted by Gasteiger charge is 2.47. The van der Waals surface area contributed by atoms with Gasteiger partial charge in [0.05, 0.1) is 21.3 Å². The Morgan fingerprint density at radius 1 is 0.935 bits per heavy atom. The third-order valence-corrected chi connectivity index (χ3v) is 6.62. The number of hydrogen-bond donors (Lipinski definition) is 0. The highest BCUT2D eigenvalue weighted by molar-refractivity contribution is 8.00. The summed E-state index contributed by atoms with van der Waals surface area (Å²) >= 11 is 1.52. The lowest BCUT2D eigenvalue weighted by molar-refractivity contribution is -0.143. The first-order valence-corrected chi connectivity index (χ1v) is 11.3. The Balaban J connectivity index is 0.00000166. The molecule has 2 aromatic carbocycles. The average Bonchev–Trinajstić information content (AvgIpc) is 3.29. The number of carbonyl (C=O) groups excluding carboxylic acids is 2. The quantitative estimate of drug-likeness (QED) is 0.588. The zero-order chi connectivity index (χ0) is 22.9. The summed E-state index contributed by atoms with van der Waals surface area (Å²) in [5.41, 5.74) is 1.66. The van der Waals surface area contributed by atoms with Crippen LogP contribution in [0.1, 0.15) is 36.2 Å². The summed E-state index contributed by atoms with van der Waals surface area (Å²) in [4.78, 5) is 27.3. The third kappa shape index (κ3) is 5.94. The lowest BCUT2D eigenvalue weighted by Gasteiger charge is -2.26. The zero-order valence-corrected chi connectivity index (χ0v) is 19.7. The van der Waals surface area contributed by atoms with E-state index in [1.165, 1.54) is 18.9 Å². The summed E-state index contributed by atoms with van der Waals surface area (Å²) in [6.07, 6.45) is 0.558.